The first kappa shape index (κ1) is 14.8. The van der Waals surface area contributed by atoms with Gasteiger partial charge in [-0.15, -0.1) is 0 Å². The van der Waals surface area contributed by atoms with Crippen molar-refractivity contribution in [1.82, 2.24) is 5.43 Å². The van der Waals surface area contributed by atoms with E-state index in [1.165, 1.54) is 0 Å². The Kier molecular flexibility index (Phi) is 5.15. The van der Waals surface area contributed by atoms with Crippen LogP contribution in [0.15, 0.2) is 41.5 Å². The molecule has 0 aliphatic rings. The summed E-state index contributed by atoms with van der Waals surface area (Å²) >= 11 is 0. The van der Waals surface area contributed by atoms with Crippen LogP contribution in [0, 0.1) is 0 Å². The molecule has 0 atom stereocenters. The fourth-order valence-electron chi connectivity index (χ4n) is 2.02. The number of ether oxygens (including phenoxy) is 1. The van der Waals surface area contributed by atoms with Gasteiger partial charge in [-0.3, -0.25) is 0 Å². The standard InChI is InChI=1S/C16H19N3O2/c1-2-3-10-21-15-9-8-12-6-4-5-7-13(12)14(15)11-18-19-16(17)20/h4-9,11H,2-3,10H2,1H3,(H3,17,19,20)/b18-11-. The number of nitrogens with one attached hydrogen (secondary N) is 1. The van der Waals surface area contributed by atoms with Gasteiger partial charge in [-0.25, -0.2) is 10.2 Å². The molecule has 2 rings (SSSR count). The van der Waals surface area contributed by atoms with Gasteiger partial charge in [0, 0.05) is 5.56 Å². The number of amides is 2. The topological polar surface area (TPSA) is 76.7 Å². The lowest BCUT2D eigenvalue weighted by Crippen LogP contribution is -2.24. The summed E-state index contributed by atoms with van der Waals surface area (Å²) in [6.07, 6.45) is 3.62. The van der Waals surface area contributed by atoms with Crippen molar-refractivity contribution in [2.75, 3.05) is 6.61 Å². The molecule has 110 valence electrons. The quantitative estimate of drug-likeness (QED) is 0.486. The van der Waals surface area contributed by atoms with E-state index in [1.54, 1.807) is 6.21 Å². The van der Waals surface area contributed by atoms with Crippen LogP contribution in [-0.2, 0) is 0 Å². The molecule has 0 aliphatic heterocycles. The number of benzene rings is 2. The highest BCUT2D eigenvalue weighted by Gasteiger charge is 2.07. The third-order valence-electron chi connectivity index (χ3n) is 3.05. The van der Waals surface area contributed by atoms with Crippen molar-refractivity contribution in [2.45, 2.75) is 19.8 Å². The van der Waals surface area contributed by atoms with Gasteiger partial charge in [0.15, 0.2) is 0 Å². The SMILES string of the molecule is CCCCOc1ccc2ccccc2c1/C=N\NC(N)=O. The van der Waals surface area contributed by atoms with E-state index in [0.717, 1.165) is 34.9 Å². The van der Waals surface area contributed by atoms with Gasteiger partial charge in [0.2, 0.25) is 0 Å². The Morgan fingerprint density at radius 3 is 2.90 bits per heavy atom. The Hall–Kier alpha value is -2.56. The fraction of sp³-hybridized carbons (Fsp3) is 0.250. The summed E-state index contributed by atoms with van der Waals surface area (Å²) in [5.41, 5.74) is 8.05. The van der Waals surface area contributed by atoms with Crippen molar-refractivity contribution in [3.05, 3.63) is 42.0 Å². The summed E-state index contributed by atoms with van der Waals surface area (Å²) in [6, 6.07) is 11.2. The number of carbonyl (C=O) groups is 1. The Balaban J connectivity index is 2.36. The number of fused-ring (bicyclic) bond motifs is 1. The third kappa shape index (κ3) is 3.95. The van der Waals surface area contributed by atoms with Crippen molar-refractivity contribution in [2.24, 2.45) is 10.8 Å². The Morgan fingerprint density at radius 1 is 1.33 bits per heavy atom. The third-order valence-corrected chi connectivity index (χ3v) is 3.05. The second-order valence-corrected chi connectivity index (χ2v) is 4.63. The minimum absolute atomic E-state index is 0.652. The van der Waals surface area contributed by atoms with Crippen LogP contribution in [0.5, 0.6) is 5.75 Å². The summed E-state index contributed by atoms with van der Waals surface area (Å²) in [7, 11) is 0. The fourth-order valence-corrected chi connectivity index (χ4v) is 2.02. The zero-order valence-corrected chi connectivity index (χ0v) is 12.0. The van der Waals surface area contributed by atoms with Gasteiger partial charge in [0.25, 0.3) is 0 Å². The van der Waals surface area contributed by atoms with Crippen molar-refractivity contribution >= 4 is 23.0 Å². The Morgan fingerprint density at radius 2 is 2.14 bits per heavy atom. The monoisotopic (exact) mass is 285 g/mol. The minimum Gasteiger partial charge on any atom is -0.493 e. The molecular weight excluding hydrogens is 266 g/mol. The average molecular weight is 285 g/mol. The summed E-state index contributed by atoms with van der Waals surface area (Å²) in [5.74, 6) is 0.747. The van der Waals surface area contributed by atoms with Gasteiger partial charge < -0.3 is 10.5 Å². The predicted molar refractivity (Wildman–Crippen MR) is 84.7 cm³/mol. The van der Waals surface area contributed by atoms with Gasteiger partial charge in [0.05, 0.1) is 12.8 Å². The lowest BCUT2D eigenvalue weighted by atomic mass is 10.0. The number of hydrazone groups is 1. The van der Waals surface area contributed by atoms with Crippen LogP contribution < -0.4 is 15.9 Å². The molecule has 3 N–H and O–H groups in total. The molecule has 5 nitrogen and oxygen atoms in total. The maximum absolute atomic E-state index is 10.7. The van der Waals surface area contributed by atoms with E-state index in [4.69, 9.17) is 10.5 Å². The number of hydrogen-bond acceptors (Lipinski definition) is 3. The Bertz CT molecular complexity index is 653. The van der Waals surface area contributed by atoms with Crippen molar-refractivity contribution < 1.29 is 9.53 Å². The molecule has 0 fully saturated rings. The maximum atomic E-state index is 10.7. The number of primary amides is 1. The molecule has 0 saturated heterocycles. The molecule has 2 aromatic carbocycles. The van der Waals surface area contributed by atoms with Crippen LogP contribution in [0.2, 0.25) is 0 Å². The van der Waals surface area contributed by atoms with Crippen LogP contribution >= 0.6 is 0 Å². The number of urea groups is 1. The zero-order chi connectivity index (χ0) is 15.1. The van der Waals surface area contributed by atoms with Gasteiger partial charge in [-0.05, 0) is 23.3 Å². The van der Waals surface area contributed by atoms with E-state index in [2.05, 4.69) is 17.5 Å². The van der Waals surface area contributed by atoms with Gasteiger partial charge in [0.1, 0.15) is 5.75 Å². The van der Waals surface area contributed by atoms with Crippen LogP contribution in [0.1, 0.15) is 25.3 Å². The summed E-state index contributed by atoms with van der Waals surface area (Å²) in [6.45, 7) is 2.77. The molecule has 0 spiro atoms. The van der Waals surface area contributed by atoms with Crippen LogP contribution in [0.25, 0.3) is 10.8 Å². The first-order valence-electron chi connectivity index (χ1n) is 6.95. The van der Waals surface area contributed by atoms with E-state index in [-0.39, 0.29) is 0 Å². The largest absolute Gasteiger partial charge is 0.493 e. The number of nitrogens with zero attached hydrogens (tertiary/aromatic N) is 1. The predicted octanol–water partition coefficient (Wildman–Crippen LogP) is 3.02. The molecule has 2 amide bonds. The molecule has 0 aromatic heterocycles. The molecule has 0 unspecified atom stereocenters. The molecule has 0 saturated carbocycles. The number of hydrogen-bond donors (Lipinski definition) is 2. The molecular formula is C16H19N3O2. The molecule has 0 radical (unpaired) electrons. The van der Waals surface area contributed by atoms with Gasteiger partial charge >= 0.3 is 6.03 Å². The maximum Gasteiger partial charge on any atom is 0.332 e. The second-order valence-electron chi connectivity index (χ2n) is 4.63. The second kappa shape index (κ2) is 7.28. The van der Waals surface area contributed by atoms with E-state index < -0.39 is 6.03 Å². The summed E-state index contributed by atoms with van der Waals surface area (Å²) in [5, 5.41) is 5.95. The van der Waals surface area contributed by atoms with E-state index in [1.807, 2.05) is 36.4 Å². The van der Waals surface area contributed by atoms with E-state index >= 15 is 0 Å². The highest BCUT2D eigenvalue weighted by atomic mass is 16.5. The average Bonchev–Trinajstić information content (AvgIpc) is 2.48. The normalized spacial score (nSPS) is 10.9. The lowest BCUT2D eigenvalue weighted by molar-refractivity contribution is 0.249. The highest BCUT2D eigenvalue weighted by molar-refractivity contribution is 6.02. The summed E-state index contributed by atoms with van der Waals surface area (Å²) < 4.78 is 5.81. The van der Waals surface area contributed by atoms with Crippen molar-refractivity contribution in [3.63, 3.8) is 0 Å². The summed E-state index contributed by atoms with van der Waals surface area (Å²) in [4.78, 5) is 10.7. The Labute approximate surface area is 123 Å². The lowest BCUT2D eigenvalue weighted by Gasteiger charge is -2.11. The zero-order valence-electron chi connectivity index (χ0n) is 12.0. The van der Waals surface area contributed by atoms with Crippen molar-refractivity contribution in [3.8, 4) is 5.75 Å². The number of carbonyl (C=O) groups excluding carboxylic acids is 1. The first-order chi connectivity index (χ1) is 10.2. The van der Waals surface area contributed by atoms with E-state index in [0.29, 0.717) is 6.61 Å². The number of unbranched alkanes of at least 4 members (excludes halogenated alkanes) is 1. The molecule has 0 bridgehead atoms. The number of nitrogens with two attached hydrogens (primary N) is 1. The molecule has 21 heavy (non-hydrogen) atoms. The molecule has 0 heterocycles. The molecule has 2 aromatic rings. The minimum atomic E-state index is -0.695. The van der Waals surface area contributed by atoms with Crippen LogP contribution in [-0.4, -0.2) is 18.9 Å². The van der Waals surface area contributed by atoms with Crippen LogP contribution in [0.3, 0.4) is 0 Å². The van der Waals surface area contributed by atoms with Crippen LogP contribution in [0.4, 0.5) is 4.79 Å². The van der Waals surface area contributed by atoms with Gasteiger partial charge in [-0.2, -0.15) is 5.10 Å². The molecule has 0 aliphatic carbocycles. The molecule has 5 heteroatoms. The highest BCUT2D eigenvalue weighted by Crippen LogP contribution is 2.26. The smallest absolute Gasteiger partial charge is 0.332 e. The van der Waals surface area contributed by atoms with Gasteiger partial charge in [-0.1, -0.05) is 43.7 Å². The first-order valence-corrected chi connectivity index (χ1v) is 6.95. The van der Waals surface area contributed by atoms with E-state index in [9.17, 15) is 4.79 Å². The van der Waals surface area contributed by atoms with Crippen molar-refractivity contribution in [1.29, 1.82) is 0 Å². The number of rotatable bonds is 6.